The van der Waals surface area contributed by atoms with Gasteiger partial charge in [-0.05, 0) is 190 Å². The highest BCUT2D eigenvalue weighted by Gasteiger charge is 2.48. The van der Waals surface area contributed by atoms with Crippen LogP contribution in [0, 0.1) is 13.8 Å². The first-order valence-electron chi connectivity index (χ1n) is 40.7. The zero-order valence-electron chi connectivity index (χ0n) is 66.1. The van der Waals surface area contributed by atoms with Gasteiger partial charge in [0, 0.05) is 30.3 Å². The molecule has 0 aliphatic rings. The van der Waals surface area contributed by atoms with Gasteiger partial charge >= 0.3 is 0 Å². The van der Waals surface area contributed by atoms with Crippen molar-refractivity contribution < 1.29 is 10.2 Å². The van der Waals surface area contributed by atoms with Crippen molar-refractivity contribution >= 4 is 101 Å². The monoisotopic (exact) mass is 1480 g/mol. The molecular formula is C92H132O2S5Si2. The maximum atomic E-state index is 16.1. The molecule has 0 bridgehead atoms. The second-order valence-electron chi connectivity index (χ2n) is 32.8. The number of hydrogen-bond donors (Lipinski definition) is 2. The lowest BCUT2D eigenvalue weighted by Crippen LogP contribution is -2.54. The van der Waals surface area contributed by atoms with Crippen LogP contribution in [0.3, 0.4) is 0 Å². The normalized spacial score (nSPS) is 12.8. The molecule has 9 aromatic rings. The van der Waals surface area contributed by atoms with E-state index in [2.05, 4.69) is 225 Å². The van der Waals surface area contributed by atoms with Crippen molar-refractivity contribution in [1.29, 1.82) is 0 Å². The maximum Gasteiger partial charge on any atom is 0.143 e. The lowest BCUT2D eigenvalue weighted by Gasteiger charge is -2.42. The average Bonchev–Trinajstić information content (AvgIpc) is 1.54. The van der Waals surface area contributed by atoms with Crippen LogP contribution in [0.1, 0.15) is 315 Å². The second kappa shape index (κ2) is 37.7. The van der Waals surface area contributed by atoms with Gasteiger partial charge in [-0.3, -0.25) is 0 Å². The number of thiophene rings is 5. The van der Waals surface area contributed by atoms with Crippen LogP contribution in [-0.4, -0.2) is 26.4 Å². The van der Waals surface area contributed by atoms with Gasteiger partial charge in [0.2, 0.25) is 0 Å². The quantitative estimate of drug-likeness (QED) is 0.0295. The van der Waals surface area contributed by atoms with Crippen LogP contribution in [0.25, 0.3) is 38.3 Å². The molecule has 0 unspecified atom stereocenters. The molecule has 0 radical (unpaired) electrons. The zero-order valence-corrected chi connectivity index (χ0v) is 72.2. The molecule has 0 aliphatic heterocycles. The first-order chi connectivity index (χ1) is 48.5. The molecule has 9 heteroatoms. The third-order valence-electron chi connectivity index (χ3n) is 22.5. The third kappa shape index (κ3) is 19.2. The van der Waals surface area contributed by atoms with E-state index in [1.165, 1.54) is 184 Å². The minimum absolute atomic E-state index is 0.603. The summed E-state index contributed by atoms with van der Waals surface area (Å²) in [5, 5.41) is 31.8. The smallest absolute Gasteiger partial charge is 0.143 e. The first kappa shape index (κ1) is 81.3. The van der Waals surface area contributed by atoms with E-state index in [0.717, 1.165) is 130 Å². The van der Waals surface area contributed by atoms with Gasteiger partial charge in [0.15, 0.2) is 0 Å². The SMILES string of the molecule is CCCCCCc1cc(C)cc(C(O)(c2cc(C)cc(CCCCCC)c2)c2c(-c3ccc([Si](C)(C)C)s3)sc3c(C(O)(c4cc(CCCCCC)cc(CCCCCC)c4)c4cc(CCCCCC)cc(CCCCCC)c4)c(-c4cc5sc([Si](C(C)C)(C(C)C)C(C)C)cc5s4)sc23)c1. The summed E-state index contributed by atoms with van der Waals surface area (Å²) in [5.41, 5.74) is 14.9. The van der Waals surface area contributed by atoms with Crippen molar-refractivity contribution in [2.75, 3.05) is 0 Å². The van der Waals surface area contributed by atoms with Gasteiger partial charge in [0.1, 0.15) is 19.3 Å². The topological polar surface area (TPSA) is 40.5 Å². The van der Waals surface area contributed by atoms with Gasteiger partial charge < -0.3 is 10.2 Å². The van der Waals surface area contributed by atoms with Crippen LogP contribution < -0.4 is 9.00 Å². The van der Waals surface area contributed by atoms with Crippen molar-refractivity contribution in [3.63, 3.8) is 0 Å². The van der Waals surface area contributed by atoms with Crippen LogP contribution in [0.5, 0.6) is 0 Å². The number of rotatable bonds is 43. The summed E-state index contributed by atoms with van der Waals surface area (Å²) in [5.74, 6) is 0. The molecule has 101 heavy (non-hydrogen) atoms. The van der Waals surface area contributed by atoms with Crippen LogP contribution in [0.15, 0.2) is 97.1 Å². The van der Waals surface area contributed by atoms with Crippen LogP contribution in [0.4, 0.5) is 0 Å². The molecule has 0 fully saturated rings. The number of aliphatic hydroxyl groups is 2. The first-order valence-corrected chi connectivity index (χ1v) is 50.5. The predicted molar refractivity (Wildman–Crippen MR) is 462 cm³/mol. The highest BCUT2D eigenvalue weighted by Crippen LogP contribution is 2.60. The minimum Gasteiger partial charge on any atom is -0.376 e. The van der Waals surface area contributed by atoms with Crippen molar-refractivity contribution in [1.82, 2.24) is 0 Å². The highest BCUT2D eigenvalue weighted by molar-refractivity contribution is 7.39. The summed E-state index contributed by atoms with van der Waals surface area (Å²) in [4.78, 5) is 4.71. The molecule has 4 aromatic carbocycles. The number of aryl methyl sites for hydroxylation is 8. The van der Waals surface area contributed by atoms with Crippen molar-refractivity contribution in [3.05, 3.63) is 175 Å². The molecule has 2 nitrogen and oxygen atoms in total. The van der Waals surface area contributed by atoms with E-state index in [0.29, 0.717) is 16.6 Å². The molecule has 0 saturated heterocycles. The molecule has 0 amide bonds. The summed E-state index contributed by atoms with van der Waals surface area (Å²) in [6.45, 7) is 40.9. The molecule has 0 aliphatic carbocycles. The van der Waals surface area contributed by atoms with Crippen LogP contribution in [-0.2, 0) is 49.7 Å². The Morgan fingerprint density at radius 2 is 0.644 bits per heavy atom. The third-order valence-corrected chi connectivity index (χ3v) is 40.3. The van der Waals surface area contributed by atoms with Gasteiger partial charge in [0.05, 0.1) is 27.2 Å². The minimum atomic E-state index is -1.99. The molecule has 2 N–H and O–H groups in total. The summed E-state index contributed by atoms with van der Waals surface area (Å²) < 4.78 is 8.04. The Kier molecular flexibility index (Phi) is 30.3. The summed E-state index contributed by atoms with van der Waals surface area (Å²) in [6, 6.07) is 39.3. The summed E-state index contributed by atoms with van der Waals surface area (Å²) in [6.07, 6.45) is 34.4. The molecule has 9 rings (SSSR count). The Hall–Kier alpha value is -3.75. The Bertz CT molecular complexity index is 3810. The van der Waals surface area contributed by atoms with E-state index < -0.39 is 27.3 Å². The maximum absolute atomic E-state index is 16.1. The Morgan fingerprint density at radius 3 is 0.950 bits per heavy atom. The fourth-order valence-corrected chi connectivity index (χ4v) is 34.9. The van der Waals surface area contributed by atoms with Gasteiger partial charge in [-0.2, -0.15) is 0 Å². The Balaban J connectivity index is 1.50. The Morgan fingerprint density at radius 1 is 0.327 bits per heavy atom. The van der Waals surface area contributed by atoms with Crippen LogP contribution in [0.2, 0.25) is 36.3 Å². The van der Waals surface area contributed by atoms with Gasteiger partial charge in [-0.15, -0.1) is 56.7 Å². The number of fused-ring (bicyclic) bond motifs is 2. The standard InChI is InChI=1S/C92H132O2S5Si2/c1-18-24-30-36-42-69-50-67(13)52-75(56-69)91(93,76-53-68(14)51-70(57-76)43-37-31-25-19-2)85-87(79-48-49-83(96-79)100(15,16)17)98-90-86(88(99-89(85)90)82-62-80-81(95-82)63-84(97-80)101(64(7)8,65(9)10)66(11)12)92(94,77-58-71(44-38-32-26-20-3)54-72(59-77)45-39-33-27-21-4)78-60-73(46-40-34-28-22-5)55-74(61-78)47-41-35-29-23-6/h48-66,93-94H,18-47H2,1-17H3. The molecule has 0 atom stereocenters. The van der Waals surface area contributed by atoms with E-state index in [1.54, 1.807) is 4.50 Å². The van der Waals surface area contributed by atoms with Gasteiger partial charge in [-0.25, -0.2) is 0 Å². The highest BCUT2D eigenvalue weighted by atomic mass is 32.1. The second-order valence-corrected chi connectivity index (χ2v) is 49.7. The molecule has 0 saturated carbocycles. The van der Waals surface area contributed by atoms with E-state index in [4.69, 9.17) is 0 Å². The van der Waals surface area contributed by atoms with E-state index in [-0.39, 0.29) is 0 Å². The fraction of sp³-hybridized carbons (Fsp3) is 0.565. The molecule has 5 aromatic heterocycles. The lowest BCUT2D eigenvalue weighted by atomic mass is 9.76. The fourth-order valence-electron chi connectivity index (χ4n) is 17.2. The summed E-state index contributed by atoms with van der Waals surface area (Å²) >= 11 is 9.76. The summed E-state index contributed by atoms with van der Waals surface area (Å²) in [7, 11) is -3.80. The van der Waals surface area contributed by atoms with Crippen LogP contribution >= 0.6 is 56.7 Å². The molecule has 5 heterocycles. The predicted octanol–water partition coefficient (Wildman–Crippen LogP) is 29.0. The number of benzene rings is 4. The number of unbranched alkanes of at least 4 members (excludes halogenated alkanes) is 18. The van der Waals surface area contributed by atoms with Crippen molar-refractivity contribution in [3.8, 4) is 19.5 Å². The molecule has 550 valence electrons. The van der Waals surface area contributed by atoms with Gasteiger partial charge in [-0.1, -0.05) is 308 Å². The number of hydrogen-bond acceptors (Lipinski definition) is 7. The van der Waals surface area contributed by atoms with E-state index >= 15 is 10.2 Å². The van der Waals surface area contributed by atoms with E-state index in [1.807, 2.05) is 45.3 Å². The molecular weight excluding hydrogens is 1350 g/mol. The van der Waals surface area contributed by atoms with Crippen molar-refractivity contribution in [2.45, 2.75) is 337 Å². The van der Waals surface area contributed by atoms with E-state index in [9.17, 15) is 0 Å². The van der Waals surface area contributed by atoms with Crippen molar-refractivity contribution in [2.24, 2.45) is 0 Å². The van der Waals surface area contributed by atoms with Gasteiger partial charge in [0.25, 0.3) is 0 Å². The Labute approximate surface area is 637 Å². The average molecular weight is 1490 g/mol. The largest absolute Gasteiger partial charge is 0.376 e. The zero-order chi connectivity index (χ0) is 72.7. The lowest BCUT2D eigenvalue weighted by molar-refractivity contribution is 0.127. The molecule has 0 spiro atoms.